The second-order valence-corrected chi connectivity index (χ2v) is 7.41. The van der Waals surface area contributed by atoms with Crippen LogP contribution in [0.5, 0.6) is 0 Å². The number of likely N-dealkylation sites (tertiary alicyclic amines) is 1. The molecule has 0 saturated carbocycles. The number of carbonyl (C=O) groups excluding carboxylic acids is 1. The van der Waals surface area contributed by atoms with Crippen LogP contribution < -0.4 is 0 Å². The van der Waals surface area contributed by atoms with Gasteiger partial charge in [0, 0.05) is 23.7 Å². The lowest BCUT2D eigenvalue weighted by molar-refractivity contribution is 0.0695. The average Bonchev–Trinajstić information content (AvgIpc) is 3.33. The van der Waals surface area contributed by atoms with Crippen LogP contribution in [0.15, 0.2) is 46.3 Å². The summed E-state index contributed by atoms with van der Waals surface area (Å²) in [4.78, 5) is 20.1. The summed E-state index contributed by atoms with van der Waals surface area (Å²) in [7, 11) is 0. The largest absolute Gasteiger partial charge is 0.339 e. The highest BCUT2D eigenvalue weighted by Gasteiger charge is 2.29. The van der Waals surface area contributed by atoms with Gasteiger partial charge in [0.1, 0.15) is 0 Å². The highest BCUT2D eigenvalue weighted by Crippen LogP contribution is 2.29. The number of thiophene rings is 1. The third-order valence-corrected chi connectivity index (χ3v) is 5.45. The van der Waals surface area contributed by atoms with Gasteiger partial charge in [-0.3, -0.25) is 4.79 Å². The summed E-state index contributed by atoms with van der Waals surface area (Å²) in [6, 6.07) is 10.9. The molecular weight excluding hydrogens is 358 g/mol. The zero-order valence-corrected chi connectivity index (χ0v) is 15.0. The minimum absolute atomic E-state index is 0.0133. The van der Waals surface area contributed by atoms with Gasteiger partial charge in [0.2, 0.25) is 11.7 Å². The molecule has 1 saturated heterocycles. The lowest BCUT2D eigenvalue weighted by Crippen LogP contribution is -2.39. The quantitative estimate of drug-likeness (QED) is 0.679. The summed E-state index contributed by atoms with van der Waals surface area (Å²) in [6.45, 7) is 1.33. The maximum Gasteiger partial charge on any atom is 0.253 e. The van der Waals surface area contributed by atoms with Gasteiger partial charge in [-0.1, -0.05) is 22.8 Å². The second kappa shape index (κ2) is 6.98. The van der Waals surface area contributed by atoms with E-state index in [4.69, 9.17) is 16.1 Å². The fraction of sp³-hybridized carbons (Fsp3) is 0.278. The predicted molar refractivity (Wildman–Crippen MR) is 96.9 cm³/mol. The number of hydrogen-bond donors (Lipinski definition) is 0. The number of rotatable bonds is 3. The summed E-state index contributed by atoms with van der Waals surface area (Å²) >= 11 is 7.48. The van der Waals surface area contributed by atoms with E-state index in [2.05, 4.69) is 10.1 Å². The molecule has 5 nitrogen and oxygen atoms in total. The first kappa shape index (κ1) is 16.3. The number of piperidine rings is 1. The fourth-order valence-corrected chi connectivity index (χ4v) is 3.82. The smallest absolute Gasteiger partial charge is 0.253 e. The molecule has 3 aromatic rings. The summed E-state index contributed by atoms with van der Waals surface area (Å²) in [5.41, 5.74) is 0.648. The van der Waals surface area contributed by atoms with Crippen molar-refractivity contribution in [3.8, 4) is 10.7 Å². The summed E-state index contributed by atoms with van der Waals surface area (Å²) < 4.78 is 5.47. The van der Waals surface area contributed by atoms with E-state index in [0.717, 1.165) is 24.3 Å². The Bertz CT molecular complexity index is 861. The SMILES string of the molecule is O=C(c1ccc(Cl)cc1)N1CCC[C@@H](c2nc(-c3cccs3)no2)C1. The van der Waals surface area contributed by atoms with Crippen LogP contribution in [0, 0.1) is 0 Å². The van der Waals surface area contributed by atoms with Gasteiger partial charge in [-0.2, -0.15) is 4.98 Å². The van der Waals surface area contributed by atoms with Crippen molar-refractivity contribution in [3.05, 3.63) is 58.3 Å². The predicted octanol–water partition coefficient (Wildman–Crippen LogP) is 4.47. The van der Waals surface area contributed by atoms with Crippen LogP contribution in [-0.4, -0.2) is 34.0 Å². The van der Waals surface area contributed by atoms with E-state index in [1.54, 1.807) is 35.6 Å². The Morgan fingerprint density at radius 3 is 2.88 bits per heavy atom. The molecule has 1 fully saturated rings. The van der Waals surface area contributed by atoms with Crippen molar-refractivity contribution in [2.24, 2.45) is 0 Å². The zero-order valence-electron chi connectivity index (χ0n) is 13.4. The molecule has 1 aromatic carbocycles. The first-order valence-corrected chi connectivity index (χ1v) is 9.39. The lowest BCUT2D eigenvalue weighted by atomic mass is 9.97. The van der Waals surface area contributed by atoms with Gasteiger partial charge in [-0.15, -0.1) is 11.3 Å². The van der Waals surface area contributed by atoms with Gasteiger partial charge >= 0.3 is 0 Å². The van der Waals surface area contributed by atoms with Crippen molar-refractivity contribution in [1.82, 2.24) is 15.0 Å². The molecule has 1 aliphatic rings. The van der Waals surface area contributed by atoms with Crippen LogP contribution in [-0.2, 0) is 0 Å². The molecule has 4 rings (SSSR count). The number of carbonyl (C=O) groups is 1. The van der Waals surface area contributed by atoms with E-state index in [1.165, 1.54) is 0 Å². The Balaban J connectivity index is 1.49. The van der Waals surface area contributed by atoms with Crippen LogP contribution in [0.2, 0.25) is 5.02 Å². The van der Waals surface area contributed by atoms with E-state index >= 15 is 0 Å². The van der Waals surface area contributed by atoms with Crippen LogP contribution in [0.25, 0.3) is 10.7 Å². The second-order valence-electron chi connectivity index (χ2n) is 6.03. The third-order valence-electron chi connectivity index (χ3n) is 4.33. The van der Waals surface area contributed by atoms with Crippen molar-refractivity contribution in [2.45, 2.75) is 18.8 Å². The summed E-state index contributed by atoms with van der Waals surface area (Å²) in [5.74, 6) is 1.31. The number of hydrogen-bond acceptors (Lipinski definition) is 5. The molecule has 0 unspecified atom stereocenters. The van der Waals surface area contributed by atoms with E-state index in [1.807, 2.05) is 22.4 Å². The van der Waals surface area contributed by atoms with E-state index < -0.39 is 0 Å². The molecule has 7 heteroatoms. The Morgan fingerprint density at radius 1 is 1.28 bits per heavy atom. The number of benzene rings is 1. The number of aromatic nitrogens is 2. The molecule has 3 heterocycles. The first-order valence-electron chi connectivity index (χ1n) is 8.13. The van der Waals surface area contributed by atoms with E-state index in [0.29, 0.717) is 28.8 Å². The maximum atomic E-state index is 12.7. The molecule has 0 bridgehead atoms. The normalized spacial score (nSPS) is 17.6. The van der Waals surface area contributed by atoms with Crippen molar-refractivity contribution < 1.29 is 9.32 Å². The van der Waals surface area contributed by atoms with Crippen molar-refractivity contribution in [1.29, 1.82) is 0 Å². The third kappa shape index (κ3) is 3.45. The topological polar surface area (TPSA) is 59.2 Å². The van der Waals surface area contributed by atoms with Gasteiger partial charge < -0.3 is 9.42 Å². The lowest BCUT2D eigenvalue weighted by Gasteiger charge is -2.31. The Kier molecular flexibility index (Phi) is 4.55. The molecule has 0 N–H and O–H groups in total. The van der Waals surface area contributed by atoms with Gasteiger partial charge in [-0.05, 0) is 48.6 Å². The number of halogens is 1. The average molecular weight is 374 g/mol. The van der Waals surface area contributed by atoms with Gasteiger partial charge in [0.05, 0.1) is 10.8 Å². The molecule has 2 aromatic heterocycles. The van der Waals surface area contributed by atoms with Crippen molar-refractivity contribution in [3.63, 3.8) is 0 Å². The van der Waals surface area contributed by atoms with Crippen LogP contribution in [0.3, 0.4) is 0 Å². The molecule has 1 atom stereocenters. The molecule has 1 amide bonds. The van der Waals surface area contributed by atoms with Gasteiger partial charge in [0.15, 0.2) is 0 Å². The summed E-state index contributed by atoms with van der Waals surface area (Å²) in [6.07, 6.45) is 1.86. The fourth-order valence-electron chi connectivity index (χ4n) is 3.05. The minimum Gasteiger partial charge on any atom is -0.339 e. The van der Waals surface area contributed by atoms with Crippen molar-refractivity contribution >= 4 is 28.8 Å². The summed E-state index contributed by atoms with van der Waals surface area (Å²) in [5, 5.41) is 6.69. The van der Waals surface area contributed by atoms with Crippen LogP contribution >= 0.6 is 22.9 Å². The Morgan fingerprint density at radius 2 is 2.12 bits per heavy atom. The molecule has 0 radical (unpaired) electrons. The molecular formula is C18H16ClN3O2S. The van der Waals surface area contributed by atoms with Crippen LogP contribution in [0.4, 0.5) is 0 Å². The Labute approximate surface area is 154 Å². The first-order chi connectivity index (χ1) is 12.2. The van der Waals surface area contributed by atoms with E-state index in [9.17, 15) is 4.79 Å². The monoisotopic (exact) mass is 373 g/mol. The van der Waals surface area contributed by atoms with Gasteiger partial charge in [-0.25, -0.2) is 0 Å². The number of nitrogens with zero attached hydrogens (tertiary/aromatic N) is 3. The number of amides is 1. The zero-order chi connectivity index (χ0) is 17.2. The van der Waals surface area contributed by atoms with E-state index in [-0.39, 0.29) is 11.8 Å². The molecule has 25 heavy (non-hydrogen) atoms. The highest BCUT2D eigenvalue weighted by atomic mass is 35.5. The molecule has 0 spiro atoms. The molecule has 1 aliphatic heterocycles. The van der Waals surface area contributed by atoms with Gasteiger partial charge in [0.25, 0.3) is 5.91 Å². The minimum atomic E-state index is 0.0133. The van der Waals surface area contributed by atoms with Crippen molar-refractivity contribution in [2.75, 3.05) is 13.1 Å². The molecule has 128 valence electrons. The standard InChI is InChI=1S/C18H16ClN3O2S/c19-14-7-5-12(6-8-14)18(23)22-9-1-3-13(11-22)17-20-16(21-24-17)15-4-2-10-25-15/h2,4-8,10,13H,1,3,9,11H2/t13-/m1/s1. The highest BCUT2D eigenvalue weighted by molar-refractivity contribution is 7.13. The Hall–Kier alpha value is -2.18. The molecule has 0 aliphatic carbocycles. The maximum absolute atomic E-state index is 12.7. The van der Waals surface area contributed by atoms with Crippen LogP contribution in [0.1, 0.15) is 35.0 Å².